The molecule has 8 heteroatoms. The Morgan fingerprint density at radius 1 is 1.15 bits per heavy atom. The first kappa shape index (κ1) is 18.3. The summed E-state index contributed by atoms with van der Waals surface area (Å²) in [5.74, 6) is 0.856. The SMILES string of the molecule is COc1ccccc1-c1cc(NS(=O)(=O)Cc2cccc(Cl)c2)n(C)n1. The molecule has 3 rings (SSSR count). The van der Waals surface area contributed by atoms with E-state index in [1.807, 2.05) is 24.3 Å². The Hall–Kier alpha value is -2.51. The Morgan fingerprint density at radius 3 is 2.65 bits per heavy atom. The number of hydrogen-bond acceptors (Lipinski definition) is 4. The summed E-state index contributed by atoms with van der Waals surface area (Å²) in [6.45, 7) is 0. The van der Waals surface area contributed by atoms with Crippen LogP contribution in [-0.4, -0.2) is 25.3 Å². The number of sulfonamides is 1. The van der Waals surface area contributed by atoms with E-state index in [-0.39, 0.29) is 5.75 Å². The monoisotopic (exact) mass is 391 g/mol. The van der Waals surface area contributed by atoms with Gasteiger partial charge in [-0.1, -0.05) is 35.9 Å². The van der Waals surface area contributed by atoms with E-state index < -0.39 is 10.0 Å². The molecule has 1 heterocycles. The van der Waals surface area contributed by atoms with Crippen LogP contribution in [0, 0.1) is 0 Å². The quantitative estimate of drug-likeness (QED) is 0.695. The van der Waals surface area contributed by atoms with Crippen molar-refractivity contribution in [3.05, 3.63) is 65.2 Å². The van der Waals surface area contributed by atoms with Gasteiger partial charge in [-0.3, -0.25) is 9.40 Å². The first-order chi connectivity index (χ1) is 12.4. The predicted molar refractivity (Wildman–Crippen MR) is 103 cm³/mol. The van der Waals surface area contributed by atoms with Crippen molar-refractivity contribution in [1.82, 2.24) is 9.78 Å². The van der Waals surface area contributed by atoms with Crippen molar-refractivity contribution in [3.63, 3.8) is 0 Å². The van der Waals surface area contributed by atoms with Crippen LogP contribution in [0.4, 0.5) is 5.82 Å². The van der Waals surface area contributed by atoms with Crippen molar-refractivity contribution in [3.8, 4) is 17.0 Å². The maximum atomic E-state index is 12.5. The second-order valence-electron chi connectivity index (χ2n) is 5.73. The molecule has 0 atom stereocenters. The lowest BCUT2D eigenvalue weighted by Crippen LogP contribution is -2.17. The Balaban J connectivity index is 1.85. The average molecular weight is 392 g/mol. The highest BCUT2D eigenvalue weighted by Gasteiger charge is 2.17. The van der Waals surface area contributed by atoms with Gasteiger partial charge in [0.15, 0.2) is 0 Å². The molecule has 1 N–H and O–H groups in total. The smallest absolute Gasteiger partial charge is 0.238 e. The minimum Gasteiger partial charge on any atom is -0.496 e. The third kappa shape index (κ3) is 4.17. The summed E-state index contributed by atoms with van der Waals surface area (Å²) in [7, 11) is -0.356. The molecule has 26 heavy (non-hydrogen) atoms. The van der Waals surface area contributed by atoms with Gasteiger partial charge in [0.1, 0.15) is 11.6 Å². The first-order valence-corrected chi connectivity index (χ1v) is 9.83. The second-order valence-corrected chi connectivity index (χ2v) is 7.89. The van der Waals surface area contributed by atoms with Crippen LogP contribution in [0.5, 0.6) is 5.75 Å². The van der Waals surface area contributed by atoms with Gasteiger partial charge in [0.05, 0.1) is 18.6 Å². The molecule has 2 aromatic carbocycles. The maximum Gasteiger partial charge on any atom is 0.238 e. The highest BCUT2D eigenvalue weighted by Crippen LogP contribution is 2.30. The molecule has 0 aliphatic rings. The number of anilines is 1. The van der Waals surface area contributed by atoms with Crippen molar-refractivity contribution in [1.29, 1.82) is 0 Å². The minimum absolute atomic E-state index is 0.178. The molecule has 0 fully saturated rings. The van der Waals surface area contributed by atoms with Gasteiger partial charge in [-0.15, -0.1) is 0 Å². The molecule has 0 radical (unpaired) electrons. The molecule has 0 bridgehead atoms. The summed E-state index contributed by atoms with van der Waals surface area (Å²) in [5.41, 5.74) is 2.01. The molecular weight excluding hydrogens is 374 g/mol. The van der Waals surface area contributed by atoms with Crippen molar-refractivity contribution in [2.45, 2.75) is 5.75 Å². The number of rotatable bonds is 6. The summed E-state index contributed by atoms with van der Waals surface area (Å²) in [4.78, 5) is 0. The standard InChI is InChI=1S/C18H18ClN3O3S/c1-22-18(11-16(20-22)15-8-3-4-9-17(15)25-2)21-26(23,24)12-13-6-5-7-14(19)10-13/h3-11,21H,12H2,1-2H3. The molecule has 0 saturated heterocycles. The summed E-state index contributed by atoms with van der Waals surface area (Å²) >= 11 is 5.92. The number of nitrogens with zero attached hydrogens (tertiary/aromatic N) is 2. The van der Waals surface area contributed by atoms with Crippen molar-refractivity contribution < 1.29 is 13.2 Å². The molecular formula is C18H18ClN3O3S. The fourth-order valence-corrected chi connectivity index (χ4v) is 4.01. The van der Waals surface area contributed by atoms with Crippen LogP contribution >= 0.6 is 11.6 Å². The zero-order valence-corrected chi connectivity index (χ0v) is 15.9. The fourth-order valence-electron chi connectivity index (χ4n) is 2.59. The van der Waals surface area contributed by atoms with Gasteiger partial charge in [0.2, 0.25) is 10.0 Å². The number of aromatic nitrogens is 2. The Morgan fingerprint density at radius 2 is 1.92 bits per heavy atom. The van der Waals surface area contributed by atoms with Crippen molar-refractivity contribution >= 4 is 27.4 Å². The van der Waals surface area contributed by atoms with Gasteiger partial charge in [-0.05, 0) is 29.8 Å². The molecule has 136 valence electrons. The second kappa shape index (κ2) is 7.39. The molecule has 0 unspecified atom stereocenters. The molecule has 0 amide bonds. The summed E-state index contributed by atoms with van der Waals surface area (Å²) in [6, 6.07) is 15.9. The topological polar surface area (TPSA) is 73.2 Å². The zero-order chi connectivity index (χ0) is 18.7. The van der Waals surface area contributed by atoms with Crippen molar-refractivity contribution in [2.24, 2.45) is 7.05 Å². The van der Waals surface area contributed by atoms with E-state index in [1.165, 1.54) is 4.68 Å². The molecule has 0 aliphatic heterocycles. The van der Waals surface area contributed by atoms with Gasteiger partial charge in [-0.25, -0.2) is 8.42 Å². The third-order valence-corrected chi connectivity index (χ3v) is 5.24. The highest BCUT2D eigenvalue weighted by atomic mass is 35.5. The molecule has 3 aromatic rings. The molecule has 0 spiro atoms. The van der Waals surface area contributed by atoms with Crippen LogP contribution in [-0.2, 0) is 22.8 Å². The number of hydrogen-bond donors (Lipinski definition) is 1. The number of halogens is 1. The van der Waals surface area contributed by atoms with E-state index in [4.69, 9.17) is 16.3 Å². The van der Waals surface area contributed by atoms with Gasteiger partial charge in [0.25, 0.3) is 0 Å². The van der Waals surface area contributed by atoms with Gasteiger partial charge < -0.3 is 4.74 Å². The first-order valence-electron chi connectivity index (χ1n) is 7.80. The van der Waals surface area contributed by atoms with E-state index in [2.05, 4.69) is 9.82 Å². The molecule has 1 aromatic heterocycles. The van der Waals surface area contributed by atoms with Crippen molar-refractivity contribution in [2.75, 3.05) is 11.8 Å². The van der Waals surface area contributed by atoms with Gasteiger partial charge in [-0.2, -0.15) is 5.10 Å². The summed E-state index contributed by atoms with van der Waals surface area (Å²) in [5, 5.41) is 4.88. The van der Waals surface area contributed by atoms with E-state index in [9.17, 15) is 8.42 Å². The van der Waals surface area contributed by atoms with Crippen LogP contribution < -0.4 is 9.46 Å². The van der Waals surface area contributed by atoms with Gasteiger partial charge >= 0.3 is 0 Å². The van der Waals surface area contributed by atoms with Gasteiger partial charge in [0, 0.05) is 23.7 Å². The molecule has 0 aliphatic carbocycles. The lowest BCUT2D eigenvalue weighted by Gasteiger charge is -2.08. The molecule has 6 nitrogen and oxygen atoms in total. The minimum atomic E-state index is -3.61. The Kier molecular flexibility index (Phi) is 5.20. The number of para-hydroxylation sites is 1. The largest absolute Gasteiger partial charge is 0.496 e. The number of nitrogens with one attached hydrogen (secondary N) is 1. The zero-order valence-electron chi connectivity index (χ0n) is 14.3. The number of methoxy groups -OCH3 is 1. The maximum absolute atomic E-state index is 12.5. The van der Waals surface area contributed by atoms with Crippen LogP contribution in [0.2, 0.25) is 5.02 Å². The highest BCUT2D eigenvalue weighted by molar-refractivity contribution is 7.91. The third-order valence-electron chi connectivity index (χ3n) is 3.77. The van der Waals surface area contributed by atoms with Crippen LogP contribution in [0.25, 0.3) is 11.3 Å². The molecule has 0 saturated carbocycles. The van der Waals surface area contributed by atoms with E-state index in [0.717, 1.165) is 5.56 Å². The lowest BCUT2D eigenvalue weighted by atomic mass is 10.1. The average Bonchev–Trinajstić information content (AvgIpc) is 2.94. The van der Waals surface area contributed by atoms with Crippen LogP contribution in [0.3, 0.4) is 0 Å². The number of aryl methyl sites for hydroxylation is 1. The van der Waals surface area contributed by atoms with E-state index >= 15 is 0 Å². The van der Waals surface area contributed by atoms with Crippen LogP contribution in [0.1, 0.15) is 5.56 Å². The van der Waals surface area contributed by atoms with Crippen LogP contribution in [0.15, 0.2) is 54.6 Å². The Labute approximate surface area is 157 Å². The van der Waals surface area contributed by atoms with E-state index in [0.29, 0.717) is 27.8 Å². The lowest BCUT2D eigenvalue weighted by molar-refractivity contribution is 0.416. The van der Waals surface area contributed by atoms with E-state index in [1.54, 1.807) is 44.5 Å². The Bertz CT molecular complexity index is 1030. The summed E-state index contributed by atoms with van der Waals surface area (Å²) in [6.07, 6.45) is 0. The number of benzene rings is 2. The number of ether oxygens (including phenoxy) is 1. The fraction of sp³-hybridized carbons (Fsp3) is 0.167. The summed E-state index contributed by atoms with van der Waals surface area (Å²) < 4.78 is 34.4. The normalized spacial score (nSPS) is 11.3. The predicted octanol–water partition coefficient (Wildman–Crippen LogP) is 3.69.